The summed E-state index contributed by atoms with van der Waals surface area (Å²) >= 11 is 4.68. The Hall–Kier alpha value is -3.85. The molecule has 54 heavy (non-hydrogen) atoms. The highest BCUT2D eigenvalue weighted by Gasteiger charge is 2.24. The third kappa shape index (κ3) is 12.1. The van der Waals surface area contributed by atoms with Crippen LogP contribution in [0.4, 0.5) is 0 Å². The van der Waals surface area contributed by atoms with Gasteiger partial charge in [-0.25, -0.2) is 9.59 Å². The standard InChI is InChI=1S/C46H60O7S/c1-7-33-26-37(36-14-12-34(13-15-36)35-16-19-41(54)20-17-35)18-21-42(33)40-27-38(10-8-23-52-44(49)31(2)3)43(51-25-22-46(6,29-47)30-48)39(28-40)11-9-24-53-45(50)32(4)5/h12-15,18,21,26-28,35,41,47-48,54H,2,4,7-11,16-17,19-20,22-25,29-30H2,1,3,5-6H3. The van der Waals surface area contributed by atoms with Crippen LogP contribution in [0.1, 0.15) is 101 Å². The zero-order valence-corrected chi connectivity index (χ0v) is 33.6. The monoisotopic (exact) mass is 756 g/mol. The van der Waals surface area contributed by atoms with Crippen LogP contribution < -0.4 is 4.74 Å². The molecular weight excluding hydrogens is 697 g/mol. The number of aliphatic hydroxyl groups is 2. The summed E-state index contributed by atoms with van der Waals surface area (Å²) in [5.74, 6) is 0.504. The minimum atomic E-state index is -0.683. The van der Waals surface area contributed by atoms with Gasteiger partial charge in [0.1, 0.15) is 5.75 Å². The van der Waals surface area contributed by atoms with Crippen LogP contribution in [-0.2, 0) is 38.3 Å². The van der Waals surface area contributed by atoms with E-state index in [-0.39, 0.29) is 33.0 Å². The van der Waals surface area contributed by atoms with Crippen LogP contribution in [0.15, 0.2) is 78.9 Å². The fourth-order valence-electron chi connectivity index (χ4n) is 6.88. The fourth-order valence-corrected chi connectivity index (χ4v) is 7.18. The first-order chi connectivity index (χ1) is 25.9. The quantitative estimate of drug-likeness (QED) is 0.0457. The Bertz CT molecular complexity index is 1680. The van der Waals surface area contributed by atoms with Gasteiger partial charge < -0.3 is 24.4 Å². The lowest BCUT2D eigenvalue weighted by atomic mass is 9.83. The van der Waals surface area contributed by atoms with Crippen molar-refractivity contribution < 1.29 is 34.0 Å². The first kappa shape index (κ1) is 42.9. The van der Waals surface area contributed by atoms with Gasteiger partial charge >= 0.3 is 11.9 Å². The van der Waals surface area contributed by atoms with Crippen LogP contribution in [0.2, 0.25) is 0 Å². The molecule has 0 aliphatic heterocycles. The van der Waals surface area contributed by atoms with E-state index >= 15 is 0 Å². The van der Waals surface area contributed by atoms with E-state index in [1.807, 2.05) is 6.92 Å². The van der Waals surface area contributed by atoms with Crippen LogP contribution in [0.5, 0.6) is 5.75 Å². The molecular formula is C46H60O7S. The molecule has 2 N–H and O–H groups in total. The van der Waals surface area contributed by atoms with Crippen LogP contribution in [0.3, 0.4) is 0 Å². The maximum absolute atomic E-state index is 12.1. The zero-order valence-electron chi connectivity index (χ0n) is 32.8. The summed E-state index contributed by atoms with van der Waals surface area (Å²) in [6.45, 7) is 15.1. The number of esters is 2. The predicted molar refractivity (Wildman–Crippen MR) is 221 cm³/mol. The van der Waals surface area contributed by atoms with Crippen LogP contribution in [-0.4, -0.2) is 60.4 Å². The fraction of sp³-hybridized carbons (Fsp3) is 0.478. The molecule has 3 aromatic rings. The third-order valence-corrected chi connectivity index (χ3v) is 11.0. The number of ether oxygens (including phenoxy) is 3. The van der Waals surface area contributed by atoms with Gasteiger partial charge in [0.15, 0.2) is 0 Å². The number of hydrogen-bond donors (Lipinski definition) is 3. The van der Waals surface area contributed by atoms with Crippen molar-refractivity contribution >= 4 is 24.6 Å². The van der Waals surface area contributed by atoms with Gasteiger partial charge in [0.05, 0.1) is 33.0 Å². The smallest absolute Gasteiger partial charge is 0.333 e. The number of benzene rings is 3. The topological polar surface area (TPSA) is 102 Å². The lowest BCUT2D eigenvalue weighted by Crippen LogP contribution is -2.28. The van der Waals surface area contributed by atoms with E-state index in [0.29, 0.717) is 54.4 Å². The van der Waals surface area contributed by atoms with Gasteiger partial charge in [-0.2, -0.15) is 12.6 Å². The number of thiol groups is 1. The highest BCUT2D eigenvalue weighted by molar-refractivity contribution is 7.80. The number of rotatable bonds is 20. The van der Waals surface area contributed by atoms with Crippen molar-refractivity contribution in [3.05, 3.63) is 101 Å². The molecule has 1 saturated carbocycles. The summed E-state index contributed by atoms with van der Waals surface area (Å²) in [6.07, 6.45) is 8.34. The summed E-state index contributed by atoms with van der Waals surface area (Å²) < 4.78 is 17.4. The third-order valence-electron chi connectivity index (χ3n) is 10.5. The minimum Gasteiger partial charge on any atom is -0.493 e. The van der Waals surface area contributed by atoms with E-state index in [9.17, 15) is 19.8 Å². The second-order valence-corrected chi connectivity index (χ2v) is 16.0. The van der Waals surface area contributed by atoms with Crippen molar-refractivity contribution in [2.24, 2.45) is 5.41 Å². The number of carbonyl (C=O) groups excluding carboxylic acids is 2. The molecule has 0 aromatic heterocycles. The molecule has 3 aromatic carbocycles. The Kier molecular flexibility index (Phi) is 16.5. The van der Waals surface area contributed by atoms with E-state index in [1.54, 1.807) is 13.8 Å². The number of carbonyl (C=O) groups is 2. The highest BCUT2D eigenvalue weighted by Crippen LogP contribution is 2.38. The molecule has 0 atom stereocenters. The molecule has 0 unspecified atom stereocenters. The highest BCUT2D eigenvalue weighted by atomic mass is 32.1. The van der Waals surface area contributed by atoms with Crippen molar-refractivity contribution in [2.45, 2.75) is 103 Å². The molecule has 0 radical (unpaired) electrons. The Morgan fingerprint density at radius 1 is 0.759 bits per heavy atom. The molecule has 0 heterocycles. The molecule has 7 nitrogen and oxygen atoms in total. The van der Waals surface area contributed by atoms with Crippen LogP contribution in [0, 0.1) is 5.41 Å². The first-order valence-electron chi connectivity index (χ1n) is 19.4. The first-order valence-corrected chi connectivity index (χ1v) is 20.0. The molecule has 8 heteroatoms. The molecule has 0 spiro atoms. The van der Waals surface area contributed by atoms with Crippen molar-refractivity contribution in [3.8, 4) is 28.0 Å². The van der Waals surface area contributed by atoms with Gasteiger partial charge in [-0.1, -0.05) is 69.5 Å². The van der Waals surface area contributed by atoms with Crippen molar-refractivity contribution in [2.75, 3.05) is 33.0 Å². The largest absolute Gasteiger partial charge is 0.493 e. The van der Waals surface area contributed by atoms with E-state index < -0.39 is 17.4 Å². The van der Waals surface area contributed by atoms with E-state index in [2.05, 4.69) is 87.3 Å². The Morgan fingerprint density at radius 2 is 1.28 bits per heavy atom. The molecule has 1 aliphatic rings. The van der Waals surface area contributed by atoms with Gasteiger partial charge in [-0.3, -0.25) is 0 Å². The van der Waals surface area contributed by atoms with Gasteiger partial charge in [0, 0.05) is 21.8 Å². The molecule has 0 saturated heterocycles. The Labute approximate surface area is 328 Å². The van der Waals surface area contributed by atoms with Crippen molar-refractivity contribution in [3.63, 3.8) is 0 Å². The molecule has 0 amide bonds. The maximum Gasteiger partial charge on any atom is 0.333 e. The van der Waals surface area contributed by atoms with Crippen molar-refractivity contribution in [1.82, 2.24) is 0 Å². The summed E-state index contributed by atoms with van der Waals surface area (Å²) in [6, 6.07) is 20.1. The molecule has 0 bridgehead atoms. The zero-order chi connectivity index (χ0) is 39.3. The second-order valence-electron chi connectivity index (χ2n) is 15.2. The van der Waals surface area contributed by atoms with E-state index in [4.69, 9.17) is 14.2 Å². The lowest BCUT2D eigenvalue weighted by Gasteiger charge is -2.26. The predicted octanol–water partition coefficient (Wildman–Crippen LogP) is 9.40. The van der Waals surface area contributed by atoms with Crippen molar-refractivity contribution in [1.29, 1.82) is 0 Å². The SMILES string of the molecule is C=C(C)C(=O)OCCCc1cc(-c2ccc(-c3ccc(C4CCC(S)CC4)cc3)cc2CC)cc(CCCOC(=O)C(=C)C)c1OCCC(C)(CO)CO. The summed E-state index contributed by atoms with van der Waals surface area (Å²) in [5.41, 5.74) is 9.16. The Balaban J connectivity index is 1.68. The average Bonchev–Trinajstić information content (AvgIpc) is 3.18. The maximum atomic E-state index is 12.1. The van der Waals surface area contributed by atoms with Gasteiger partial charge in [0.2, 0.25) is 0 Å². The molecule has 292 valence electrons. The molecule has 4 rings (SSSR count). The summed E-state index contributed by atoms with van der Waals surface area (Å²) in [4.78, 5) is 24.2. The number of aryl methyl sites for hydroxylation is 3. The number of hydrogen-bond acceptors (Lipinski definition) is 8. The summed E-state index contributed by atoms with van der Waals surface area (Å²) in [5, 5.41) is 20.3. The van der Waals surface area contributed by atoms with E-state index in [0.717, 1.165) is 34.4 Å². The normalized spacial score (nSPS) is 15.8. The van der Waals surface area contributed by atoms with Gasteiger partial charge in [0.25, 0.3) is 0 Å². The van der Waals surface area contributed by atoms with E-state index in [1.165, 1.54) is 47.9 Å². The van der Waals surface area contributed by atoms with Crippen LogP contribution >= 0.6 is 12.6 Å². The Morgan fingerprint density at radius 3 is 1.78 bits per heavy atom. The number of aliphatic hydroxyl groups excluding tert-OH is 2. The lowest BCUT2D eigenvalue weighted by molar-refractivity contribution is -0.139. The molecule has 1 aliphatic carbocycles. The minimum absolute atomic E-state index is 0.162. The molecule has 1 fully saturated rings. The summed E-state index contributed by atoms with van der Waals surface area (Å²) in [7, 11) is 0. The van der Waals surface area contributed by atoms with Gasteiger partial charge in [-0.15, -0.1) is 0 Å². The second kappa shape index (κ2) is 20.7. The average molecular weight is 757 g/mol. The van der Waals surface area contributed by atoms with Crippen LogP contribution in [0.25, 0.3) is 22.3 Å². The van der Waals surface area contributed by atoms with Gasteiger partial charge in [-0.05, 0) is 141 Å².